The summed E-state index contributed by atoms with van der Waals surface area (Å²) in [5.41, 5.74) is 1.13. The second-order valence-electron chi connectivity index (χ2n) is 7.40. The Labute approximate surface area is 183 Å². The molecule has 1 amide bonds. The number of hydrogen-bond acceptors (Lipinski definition) is 7. The van der Waals surface area contributed by atoms with Crippen LogP contribution < -0.4 is 5.32 Å². The topological polar surface area (TPSA) is 118 Å². The molecule has 2 N–H and O–H groups in total. The Morgan fingerprint density at radius 3 is 2.39 bits per heavy atom. The van der Waals surface area contributed by atoms with Gasteiger partial charge in [-0.1, -0.05) is 51.1 Å². The SMILES string of the molecule is CCCOC(=O)CN(C)C(=N)NC(=O)OC(OC(=O)CCCc1ccccc1)C(C)C. The summed E-state index contributed by atoms with van der Waals surface area (Å²) < 4.78 is 15.4. The minimum absolute atomic E-state index is 0.191. The molecule has 31 heavy (non-hydrogen) atoms. The third-order valence-electron chi connectivity index (χ3n) is 4.14. The highest BCUT2D eigenvalue weighted by Gasteiger charge is 2.24. The molecule has 0 aromatic heterocycles. The number of ether oxygens (including phenoxy) is 3. The van der Waals surface area contributed by atoms with Crippen molar-refractivity contribution in [1.82, 2.24) is 10.2 Å². The van der Waals surface area contributed by atoms with Gasteiger partial charge in [0.15, 0.2) is 0 Å². The summed E-state index contributed by atoms with van der Waals surface area (Å²) in [5.74, 6) is -1.59. The number of nitrogens with one attached hydrogen (secondary N) is 2. The first-order chi connectivity index (χ1) is 14.7. The lowest BCUT2D eigenvalue weighted by Gasteiger charge is -2.23. The maximum atomic E-state index is 12.1. The minimum atomic E-state index is -1.09. The Bertz CT molecular complexity index is 723. The van der Waals surface area contributed by atoms with Gasteiger partial charge < -0.3 is 19.1 Å². The van der Waals surface area contributed by atoms with Crippen LogP contribution in [-0.2, 0) is 30.2 Å². The number of aryl methyl sites for hydroxylation is 1. The molecule has 0 fully saturated rings. The maximum Gasteiger partial charge on any atom is 0.417 e. The molecular weight excluding hydrogens is 402 g/mol. The van der Waals surface area contributed by atoms with Crippen LogP contribution in [0.25, 0.3) is 0 Å². The third kappa shape index (κ3) is 11.0. The lowest BCUT2D eigenvalue weighted by Crippen LogP contribution is -2.45. The third-order valence-corrected chi connectivity index (χ3v) is 4.14. The molecule has 0 heterocycles. The van der Waals surface area contributed by atoms with Crippen LogP contribution in [-0.4, -0.2) is 55.4 Å². The molecule has 9 heteroatoms. The van der Waals surface area contributed by atoms with Gasteiger partial charge in [0, 0.05) is 19.4 Å². The van der Waals surface area contributed by atoms with E-state index in [0.29, 0.717) is 19.4 Å². The van der Waals surface area contributed by atoms with Crippen molar-refractivity contribution in [2.24, 2.45) is 5.92 Å². The molecule has 0 aliphatic heterocycles. The van der Waals surface area contributed by atoms with Crippen molar-refractivity contribution in [2.45, 2.75) is 52.7 Å². The Balaban J connectivity index is 2.42. The molecule has 0 radical (unpaired) electrons. The summed E-state index contributed by atoms with van der Waals surface area (Å²) >= 11 is 0. The number of nitrogens with zero attached hydrogens (tertiary/aromatic N) is 1. The number of amides is 1. The Morgan fingerprint density at radius 1 is 1.10 bits per heavy atom. The van der Waals surface area contributed by atoms with Gasteiger partial charge in [0.2, 0.25) is 5.96 Å². The van der Waals surface area contributed by atoms with Crippen molar-refractivity contribution in [1.29, 1.82) is 5.41 Å². The summed E-state index contributed by atoms with van der Waals surface area (Å²) in [6, 6.07) is 9.80. The van der Waals surface area contributed by atoms with Crippen molar-refractivity contribution >= 4 is 24.0 Å². The summed E-state index contributed by atoms with van der Waals surface area (Å²) in [6.45, 7) is 5.47. The van der Waals surface area contributed by atoms with Crippen molar-refractivity contribution in [3.05, 3.63) is 35.9 Å². The Morgan fingerprint density at radius 2 is 1.77 bits per heavy atom. The maximum absolute atomic E-state index is 12.1. The number of carbonyl (C=O) groups excluding carboxylic acids is 3. The van der Waals surface area contributed by atoms with E-state index in [1.54, 1.807) is 13.8 Å². The molecular formula is C22H33N3O6. The van der Waals surface area contributed by atoms with Gasteiger partial charge in [0.05, 0.1) is 6.61 Å². The number of guanidine groups is 1. The van der Waals surface area contributed by atoms with Crippen molar-refractivity contribution in [3.8, 4) is 0 Å². The highest BCUT2D eigenvalue weighted by atomic mass is 16.7. The Kier molecular flexibility index (Phi) is 11.7. The molecule has 1 unspecified atom stereocenters. The molecule has 0 saturated carbocycles. The lowest BCUT2D eigenvalue weighted by atomic mass is 10.1. The zero-order valence-corrected chi connectivity index (χ0v) is 18.7. The number of esters is 2. The molecule has 0 aliphatic carbocycles. The second kappa shape index (κ2) is 14.0. The largest absolute Gasteiger partial charge is 0.464 e. The van der Waals surface area contributed by atoms with Crippen molar-refractivity contribution < 1.29 is 28.6 Å². The molecule has 1 rings (SSSR count). The van der Waals surface area contributed by atoms with Crippen LogP contribution >= 0.6 is 0 Å². The fraction of sp³-hybridized carbons (Fsp3) is 0.545. The van der Waals surface area contributed by atoms with Crippen molar-refractivity contribution in [2.75, 3.05) is 20.2 Å². The summed E-state index contributed by atoms with van der Waals surface area (Å²) in [4.78, 5) is 37.0. The van der Waals surface area contributed by atoms with Gasteiger partial charge in [-0.05, 0) is 24.8 Å². The minimum Gasteiger partial charge on any atom is -0.464 e. The summed E-state index contributed by atoms with van der Waals surface area (Å²) in [6.07, 6.45) is 0.212. The van der Waals surface area contributed by atoms with E-state index in [1.807, 2.05) is 37.3 Å². The quantitative estimate of drug-likeness (QED) is 0.237. The van der Waals surface area contributed by atoms with Crippen LogP contribution in [0.4, 0.5) is 4.79 Å². The lowest BCUT2D eigenvalue weighted by molar-refractivity contribution is -0.174. The van der Waals surface area contributed by atoms with Crippen LogP contribution in [0.3, 0.4) is 0 Å². The number of alkyl carbamates (subject to hydrolysis) is 1. The molecule has 172 valence electrons. The molecule has 9 nitrogen and oxygen atoms in total. The van der Waals surface area contributed by atoms with E-state index < -0.39 is 24.3 Å². The predicted octanol–water partition coefficient (Wildman–Crippen LogP) is 3.08. The fourth-order valence-corrected chi connectivity index (χ4v) is 2.43. The number of hydrogen-bond donors (Lipinski definition) is 2. The number of carbonyl (C=O) groups is 3. The summed E-state index contributed by atoms with van der Waals surface area (Å²) in [7, 11) is 1.46. The molecule has 0 spiro atoms. The average Bonchev–Trinajstić information content (AvgIpc) is 2.72. The van der Waals surface area contributed by atoms with Crippen LogP contribution in [0.15, 0.2) is 30.3 Å². The van der Waals surface area contributed by atoms with Gasteiger partial charge in [-0.25, -0.2) is 4.79 Å². The van der Waals surface area contributed by atoms with Gasteiger partial charge in [-0.15, -0.1) is 0 Å². The molecule has 0 aliphatic rings. The fourth-order valence-electron chi connectivity index (χ4n) is 2.43. The van der Waals surface area contributed by atoms with Gasteiger partial charge in [-0.3, -0.25) is 20.3 Å². The van der Waals surface area contributed by atoms with Crippen LogP contribution in [0.1, 0.15) is 45.6 Å². The number of rotatable bonds is 11. The summed E-state index contributed by atoms with van der Waals surface area (Å²) in [5, 5.41) is 10.1. The molecule has 1 aromatic rings. The van der Waals surface area contributed by atoms with E-state index in [4.69, 9.17) is 19.6 Å². The first-order valence-corrected chi connectivity index (χ1v) is 10.4. The normalized spacial score (nSPS) is 11.4. The van der Waals surface area contributed by atoms with Gasteiger partial charge >= 0.3 is 18.0 Å². The number of benzene rings is 1. The first kappa shape index (κ1) is 25.9. The highest BCUT2D eigenvalue weighted by molar-refractivity contribution is 5.93. The highest BCUT2D eigenvalue weighted by Crippen LogP contribution is 2.12. The van der Waals surface area contributed by atoms with Crippen molar-refractivity contribution in [3.63, 3.8) is 0 Å². The molecule has 0 bridgehead atoms. The molecule has 1 atom stereocenters. The average molecular weight is 436 g/mol. The van der Waals surface area contributed by atoms with Crippen LogP contribution in [0.2, 0.25) is 0 Å². The molecule has 1 aromatic carbocycles. The van der Waals surface area contributed by atoms with Gasteiger partial charge in [0.25, 0.3) is 6.29 Å². The van der Waals surface area contributed by atoms with E-state index >= 15 is 0 Å². The van der Waals surface area contributed by atoms with E-state index in [1.165, 1.54) is 11.9 Å². The van der Waals surface area contributed by atoms with Gasteiger partial charge in [0.1, 0.15) is 6.54 Å². The zero-order valence-electron chi connectivity index (χ0n) is 18.7. The monoisotopic (exact) mass is 435 g/mol. The van der Waals surface area contributed by atoms with Crippen LogP contribution in [0, 0.1) is 11.3 Å². The predicted molar refractivity (Wildman–Crippen MR) is 115 cm³/mol. The van der Waals surface area contributed by atoms with E-state index in [2.05, 4.69) is 5.32 Å². The Hall–Kier alpha value is -3.10. The van der Waals surface area contributed by atoms with Gasteiger partial charge in [-0.2, -0.15) is 0 Å². The number of likely N-dealkylation sites (N-methyl/N-ethyl adjacent to an activating group) is 1. The van der Waals surface area contributed by atoms with E-state index in [-0.39, 0.29) is 24.8 Å². The molecule has 0 saturated heterocycles. The van der Waals surface area contributed by atoms with Crippen LogP contribution in [0.5, 0.6) is 0 Å². The van der Waals surface area contributed by atoms with E-state index in [9.17, 15) is 14.4 Å². The zero-order chi connectivity index (χ0) is 23.2. The van der Waals surface area contributed by atoms with E-state index in [0.717, 1.165) is 12.0 Å². The first-order valence-electron chi connectivity index (χ1n) is 10.4. The smallest absolute Gasteiger partial charge is 0.417 e. The standard InChI is InChI=1S/C22H33N3O6/c1-5-14-29-19(27)15-25(4)21(23)24-22(28)31-20(16(2)3)30-18(26)13-9-12-17-10-7-6-8-11-17/h6-8,10-11,16,20H,5,9,12-15H2,1-4H3,(H2,23,24,28). The second-order valence-corrected chi connectivity index (χ2v) is 7.40.